The van der Waals surface area contributed by atoms with Gasteiger partial charge in [-0.25, -0.2) is 4.79 Å². The minimum absolute atomic E-state index is 0.0246. The van der Waals surface area contributed by atoms with Crippen molar-refractivity contribution >= 4 is 22.8 Å². The average Bonchev–Trinajstić information content (AvgIpc) is 3.18. The number of alkyl halides is 3. The zero-order chi connectivity index (χ0) is 28.5. The summed E-state index contributed by atoms with van der Waals surface area (Å²) >= 11 is 5.99. The van der Waals surface area contributed by atoms with Crippen LogP contribution in [0, 0.1) is 0 Å². The van der Waals surface area contributed by atoms with Crippen LogP contribution in [0.1, 0.15) is 12.5 Å². The van der Waals surface area contributed by atoms with Crippen molar-refractivity contribution in [3.05, 3.63) is 91.8 Å². The van der Waals surface area contributed by atoms with Crippen molar-refractivity contribution in [2.75, 3.05) is 0 Å². The minimum Gasteiger partial charge on any atom is -0.511 e. The van der Waals surface area contributed by atoms with Crippen molar-refractivity contribution < 1.29 is 27.8 Å². The Balaban J connectivity index is 1.89. The van der Waals surface area contributed by atoms with E-state index in [0.717, 1.165) is 21.3 Å². The van der Waals surface area contributed by atoms with Gasteiger partial charge in [-0.3, -0.25) is 18.5 Å². The summed E-state index contributed by atoms with van der Waals surface area (Å²) in [5, 5.41) is 10.7. The van der Waals surface area contributed by atoms with Gasteiger partial charge in [0.15, 0.2) is 11.2 Å². The van der Waals surface area contributed by atoms with Gasteiger partial charge in [-0.2, -0.15) is 4.98 Å². The fraction of sp³-hybridized carbons (Fsp3) is 0.240. The highest BCUT2D eigenvalue weighted by molar-refractivity contribution is 6.30. The first-order chi connectivity index (χ1) is 18.3. The maximum Gasteiger partial charge on any atom is 0.573 e. The zero-order valence-electron chi connectivity index (χ0n) is 20.6. The Morgan fingerprint density at radius 2 is 1.82 bits per heavy atom. The highest BCUT2D eigenvalue weighted by atomic mass is 35.5. The van der Waals surface area contributed by atoms with Crippen molar-refractivity contribution in [2.45, 2.75) is 32.4 Å². The lowest BCUT2D eigenvalue weighted by Crippen LogP contribution is -2.40. The molecule has 0 amide bonds. The number of hydrogen-bond acceptors (Lipinski definition) is 7. The molecule has 2 heterocycles. The minimum atomic E-state index is -4.91. The third-order valence-electron chi connectivity index (χ3n) is 5.47. The maximum absolute atomic E-state index is 13.6. The number of aliphatic hydroxyl groups excluding tert-OH is 1. The summed E-state index contributed by atoms with van der Waals surface area (Å²) in [7, 11) is 1.38. The number of fused-ring (bicyclic) bond motifs is 1. The molecule has 39 heavy (non-hydrogen) atoms. The maximum atomic E-state index is 13.6. The van der Waals surface area contributed by atoms with E-state index in [0.29, 0.717) is 10.6 Å². The monoisotopic (exact) mass is 565 g/mol. The Morgan fingerprint density at radius 1 is 1.15 bits per heavy atom. The van der Waals surface area contributed by atoms with E-state index in [1.807, 2.05) is 0 Å². The van der Waals surface area contributed by atoms with Crippen LogP contribution < -0.4 is 26.5 Å². The largest absolute Gasteiger partial charge is 0.573 e. The molecular weight excluding hydrogens is 543 g/mol. The standard InChI is InChI=1S/C25H23ClF3N5O5/c1-14(30)10-17(35)13-34-22(36)20-21(32(2)24(34)37)31-23(33(20)12-15-6-8-16(26)9-7-15)38-18-4-3-5-19(11-18)39-25(27,28)29/h3-11,14,35H,12-13,30H2,1-2H3/b17-10-. The Hall–Kier alpha value is -4.23. The van der Waals surface area contributed by atoms with Crippen molar-refractivity contribution in [1.29, 1.82) is 0 Å². The molecule has 0 spiro atoms. The third-order valence-corrected chi connectivity index (χ3v) is 5.73. The first-order valence-corrected chi connectivity index (χ1v) is 11.8. The van der Waals surface area contributed by atoms with E-state index in [9.17, 15) is 27.9 Å². The number of imidazole rings is 1. The second-order valence-electron chi connectivity index (χ2n) is 8.65. The predicted octanol–water partition coefficient (Wildman–Crippen LogP) is 4.08. The van der Waals surface area contributed by atoms with Gasteiger partial charge < -0.3 is 20.3 Å². The number of ether oxygens (including phenoxy) is 2. The molecule has 10 nitrogen and oxygen atoms in total. The molecule has 14 heteroatoms. The first kappa shape index (κ1) is 27.8. The second kappa shape index (κ2) is 10.9. The van der Waals surface area contributed by atoms with Crippen LogP contribution in [-0.4, -0.2) is 36.2 Å². The van der Waals surface area contributed by atoms with Crippen LogP contribution in [-0.2, 0) is 20.1 Å². The van der Waals surface area contributed by atoms with Crippen LogP contribution in [0.15, 0.2) is 70.0 Å². The first-order valence-electron chi connectivity index (χ1n) is 11.5. The lowest BCUT2D eigenvalue weighted by molar-refractivity contribution is -0.274. The van der Waals surface area contributed by atoms with E-state index in [2.05, 4.69) is 9.72 Å². The lowest BCUT2D eigenvalue weighted by atomic mass is 10.2. The normalized spacial score (nSPS) is 13.1. The number of nitrogens with zero attached hydrogens (tertiary/aromatic N) is 4. The average molecular weight is 566 g/mol. The highest BCUT2D eigenvalue weighted by Gasteiger charge is 2.31. The van der Waals surface area contributed by atoms with Gasteiger partial charge in [0.2, 0.25) is 0 Å². The van der Waals surface area contributed by atoms with Crippen LogP contribution >= 0.6 is 11.6 Å². The van der Waals surface area contributed by atoms with E-state index in [1.54, 1.807) is 31.2 Å². The molecule has 2 aromatic heterocycles. The SMILES string of the molecule is CC(N)/C=C(\O)Cn1c(=O)c2c(nc(Oc3cccc(OC(F)(F)F)c3)n2Cc2ccc(Cl)cc2)n(C)c1=O. The number of rotatable bonds is 8. The summed E-state index contributed by atoms with van der Waals surface area (Å²) in [5.74, 6) is -0.871. The molecule has 0 bridgehead atoms. The molecule has 0 aliphatic carbocycles. The summed E-state index contributed by atoms with van der Waals surface area (Å²) < 4.78 is 51.2. The molecule has 4 rings (SSSR count). The molecule has 4 aromatic rings. The van der Waals surface area contributed by atoms with Gasteiger partial charge in [-0.1, -0.05) is 29.8 Å². The Labute approximate surface area is 223 Å². The van der Waals surface area contributed by atoms with Gasteiger partial charge in [0.1, 0.15) is 17.3 Å². The summed E-state index contributed by atoms with van der Waals surface area (Å²) in [4.78, 5) is 30.9. The molecule has 1 unspecified atom stereocenters. The van der Waals surface area contributed by atoms with Gasteiger partial charge in [0, 0.05) is 24.2 Å². The van der Waals surface area contributed by atoms with E-state index < -0.39 is 35.9 Å². The Kier molecular flexibility index (Phi) is 7.74. The fourth-order valence-corrected chi connectivity index (χ4v) is 3.97. The zero-order valence-corrected chi connectivity index (χ0v) is 21.4. The van der Waals surface area contributed by atoms with Crippen molar-refractivity contribution in [3.63, 3.8) is 0 Å². The van der Waals surface area contributed by atoms with Crippen LogP contribution in [0.25, 0.3) is 11.2 Å². The molecule has 0 radical (unpaired) electrons. The quantitative estimate of drug-likeness (QED) is 0.308. The van der Waals surface area contributed by atoms with Crippen molar-refractivity contribution in [2.24, 2.45) is 12.8 Å². The molecule has 2 aromatic carbocycles. The molecule has 0 saturated carbocycles. The molecule has 0 aliphatic rings. The molecule has 0 aliphatic heterocycles. The summed E-state index contributed by atoms with van der Waals surface area (Å²) in [5.41, 5.74) is 4.72. The van der Waals surface area contributed by atoms with E-state index in [1.165, 1.54) is 29.8 Å². The Bertz CT molecular complexity index is 1660. The molecular formula is C25H23ClF3N5O5. The summed E-state index contributed by atoms with van der Waals surface area (Å²) in [6.45, 7) is 1.19. The lowest BCUT2D eigenvalue weighted by Gasteiger charge is -2.13. The van der Waals surface area contributed by atoms with Gasteiger partial charge in [0.25, 0.3) is 5.56 Å². The van der Waals surface area contributed by atoms with Crippen LogP contribution in [0.2, 0.25) is 5.02 Å². The Morgan fingerprint density at radius 3 is 2.46 bits per heavy atom. The predicted molar refractivity (Wildman–Crippen MR) is 137 cm³/mol. The third kappa shape index (κ3) is 6.44. The van der Waals surface area contributed by atoms with Crippen LogP contribution in [0.4, 0.5) is 13.2 Å². The van der Waals surface area contributed by atoms with Crippen LogP contribution in [0.3, 0.4) is 0 Å². The van der Waals surface area contributed by atoms with Crippen molar-refractivity contribution in [3.8, 4) is 17.5 Å². The summed E-state index contributed by atoms with van der Waals surface area (Å²) in [6, 6.07) is 10.8. The van der Waals surface area contributed by atoms with Gasteiger partial charge in [-0.15, -0.1) is 13.2 Å². The number of aromatic nitrogens is 4. The highest BCUT2D eigenvalue weighted by Crippen LogP contribution is 2.30. The topological polar surface area (TPSA) is 127 Å². The van der Waals surface area contributed by atoms with Gasteiger partial charge in [0.05, 0.1) is 13.1 Å². The molecule has 206 valence electrons. The summed E-state index contributed by atoms with van der Waals surface area (Å²) in [6.07, 6.45) is -3.61. The van der Waals surface area contributed by atoms with E-state index in [-0.39, 0.29) is 35.2 Å². The van der Waals surface area contributed by atoms with E-state index >= 15 is 0 Å². The number of benzene rings is 2. The number of aliphatic hydroxyl groups is 1. The number of aryl methyl sites for hydroxylation is 1. The van der Waals surface area contributed by atoms with Gasteiger partial charge >= 0.3 is 18.1 Å². The second-order valence-corrected chi connectivity index (χ2v) is 9.09. The number of hydrogen-bond donors (Lipinski definition) is 2. The number of nitrogens with two attached hydrogens (primary N) is 1. The fourth-order valence-electron chi connectivity index (χ4n) is 3.85. The molecule has 3 N–H and O–H groups in total. The smallest absolute Gasteiger partial charge is 0.511 e. The molecule has 1 atom stereocenters. The number of allylic oxidation sites excluding steroid dienone is 1. The molecule has 0 fully saturated rings. The molecule has 0 saturated heterocycles. The van der Waals surface area contributed by atoms with Crippen LogP contribution in [0.5, 0.6) is 17.5 Å². The van der Waals surface area contributed by atoms with Gasteiger partial charge in [-0.05, 0) is 42.8 Å². The van der Waals surface area contributed by atoms with Crippen molar-refractivity contribution in [1.82, 2.24) is 18.7 Å². The van der Waals surface area contributed by atoms with E-state index in [4.69, 9.17) is 22.1 Å². The number of halogens is 4.